The van der Waals surface area contributed by atoms with Gasteiger partial charge in [0.15, 0.2) is 12.2 Å². The molecule has 0 radical (unpaired) electrons. The lowest BCUT2D eigenvalue weighted by molar-refractivity contribution is -0.161. The molecule has 0 aromatic carbocycles. The maximum absolute atomic E-state index is 13.1. The second-order valence-electron chi connectivity index (χ2n) is 28.5. The number of phosphoric ester groups is 2. The minimum atomic E-state index is -4.96. The number of ether oxygens (including phenoxy) is 4. The summed E-state index contributed by atoms with van der Waals surface area (Å²) in [7, 11) is -9.91. The Bertz CT molecular complexity index is 1860. The molecule has 0 aromatic heterocycles. The van der Waals surface area contributed by atoms with Crippen LogP contribution >= 0.6 is 15.6 Å². The van der Waals surface area contributed by atoms with Gasteiger partial charge in [-0.1, -0.05) is 350 Å². The number of hydrogen-bond acceptors (Lipinski definition) is 15. The minimum Gasteiger partial charge on any atom is -0.462 e. The maximum Gasteiger partial charge on any atom is 0.472 e. The van der Waals surface area contributed by atoms with E-state index in [0.29, 0.717) is 25.7 Å². The van der Waals surface area contributed by atoms with Crippen LogP contribution in [0, 0.1) is 11.8 Å². The lowest BCUT2D eigenvalue weighted by Gasteiger charge is -2.21. The SMILES string of the molecule is CCCCCCCCCCCCCCCCCCCCC(=O)OC[C@H](COP(=O)(O)OC[C@@H](O)COP(=O)(O)OC[C@@H](COC(=O)CCCCCCCCCCC)OC(=O)CCCCCCCCCCC(C)C)OC(=O)CCCCCCCCCCCCCCCCC(C)CC. The van der Waals surface area contributed by atoms with Gasteiger partial charge in [0.25, 0.3) is 0 Å². The summed E-state index contributed by atoms with van der Waals surface area (Å²) in [6, 6.07) is 0. The van der Waals surface area contributed by atoms with Crippen molar-refractivity contribution in [1.82, 2.24) is 0 Å². The highest BCUT2D eigenvalue weighted by Crippen LogP contribution is 2.45. The van der Waals surface area contributed by atoms with Crippen LogP contribution in [-0.2, 0) is 65.4 Å². The molecule has 570 valence electrons. The van der Waals surface area contributed by atoms with Crippen LogP contribution in [0.2, 0.25) is 0 Å². The van der Waals surface area contributed by atoms with E-state index >= 15 is 0 Å². The van der Waals surface area contributed by atoms with Crippen molar-refractivity contribution in [2.45, 2.75) is 419 Å². The van der Waals surface area contributed by atoms with Crippen LogP contribution in [0.15, 0.2) is 0 Å². The van der Waals surface area contributed by atoms with Gasteiger partial charge in [-0.15, -0.1) is 0 Å². The molecule has 3 N–H and O–H groups in total. The zero-order valence-electron chi connectivity index (χ0n) is 62.7. The van der Waals surface area contributed by atoms with E-state index in [1.54, 1.807) is 0 Å². The largest absolute Gasteiger partial charge is 0.472 e. The van der Waals surface area contributed by atoms with Crippen molar-refractivity contribution in [2.24, 2.45) is 11.8 Å². The first-order chi connectivity index (χ1) is 46.4. The molecule has 17 nitrogen and oxygen atoms in total. The molecule has 0 amide bonds. The predicted molar refractivity (Wildman–Crippen MR) is 391 cm³/mol. The molecule has 0 heterocycles. The summed E-state index contributed by atoms with van der Waals surface area (Å²) in [5, 5.41) is 10.6. The van der Waals surface area contributed by atoms with Gasteiger partial charge in [0, 0.05) is 25.7 Å². The number of rotatable bonds is 76. The van der Waals surface area contributed by atoms with Crippen LogP contribution in [0.1, 0.15) is 401 Å². The maximum atomic E-state index is 13.1. The van der Waals surface area contributed by atoms with Crippen LogP contribution in [0.5, 0.6) is 0 Å². The van der Waals surface area contributed by atoms with E-state index in [-0.39, 0.29) is 25.7 Å². The lowest BCUT2D eigenvalue weighted by atomic mass is 9.99. The van der Waals surface area contributed by atoms with E-state index in [0.717, 1.165) is 102 Å². The van der Waals surface area contributed by atoms with Gasteiger partial charge in [0.1, 0.15) is 19.3 Å². The molecule has 0 aliphatic rings. The summed E-state index contributed by atoms with van der Waals surface area (Å²) in [6.45, 7) is 9.60. The Kier molecular flexibility index (Phi) is 67.4. The normalized spacial score (nSPS) is 14.3. The summed E-state index contributed by atoms with van der Waals surface area (Å²) in [5.41, 5.74) is 0. The predicted octanol–water partition coefficient (Wildman–Crippen LogP) is 22.7. The molecule has 19 heteroatoms. The van der Waals surface area contributed by atoms with Crippen molar-refractivity contribution in [3.05, 3.63) is 0 Å². The van der Waals surface area contributed by atoms with Crippen LogP contribution < -0.4 is 0 Å². The Hall–Kier alpha value is -1.94. The summed E-state index contributed by atoms with van der Waals surface area (Å²) in [6.07, 6.45) is 56.9. The van der Waals surface area contributed by atoms with Crippen molar-refractivity contribution in [1.29, 1.82) is 0 Å². The van der Waals surface area contributed by atoms with Gasteiger partial charge in [-0.3, -0.25) is 37.3 Å². The Labute approximate surface area is 588 Å². The van der Waals surface area contributed by atoms with Gasteiger partial charge in [-0.25, -0.2) is 9.13 Å². The van der Waals surface area contributed by atoms with Crippen molar-refractivity contribution in [2.75, 3.05) is 39.6 Å². The molecule has 0 aliphatic heterocycles. The van der Waals surface area contributed by atoms with Gasteiger partial charge in [-0.2, -0.15) is 0 Å². The molecule has 0 spiro atoms. The van der Waals surface area contributed by atoms with Gasteiger partial charge in [0.2, 0.25) is 0 Å². The topological polar surface area (TPSA) is 237 Å². The van der Waals surface area contributed by atoms with E-state index in [1.165, 1.54) is 218 Å². The second kappa shape index (κ2) is 68.8. The highest BCUT2D eigenvalue weighted by Gasteiger charge is 2.30. The summed E-state index contributed by atoms with van der Waals surface area (Å²) in [5.74, 6) is -0.553. The molecule has 0 aliphatic carbocycles. The van der Waals surface area contributed by atoms with Gasteiger partial charge >= 0.3 is 39.5 Å². The molecule has 0 aromatic rings. The Morgan fingerprint density at radius 1 is 0.302 bits per heavy atom. The van der Waals surface area contributed by atoms with Crippen LogP contribution in [0.25, 0.3) is 0 Å². The van der Waals surface area contributed by atoms with Gasteiger partial charge in [-0.05, 0) is 37.5 Å². The van der Waals surface area contributed by atoms with Crippen molar-refractivity contribution < 1.29 is 80.2 Å². The molecular weight excluding hydrogens is 1260 g/mol. The number of phosphoric acid groups is 2. The molecule has 0 rings (SSSR count). The van der Waals surface area contributed by atoms with Crippen LogP contribution in [0.4, 0.5) is 0 Å². The van der Waals surface area contributed by atoms with E-state index in [1.807, 2.05) is 0 Å². The first kappa shape index (κ1) is 94.1. The smallest absolute Gasteiger partial charge is 0.462 e. The molecule has 6 atom stereocenters. The standard InChI is InChI=1S/C77H150O17P2/c1-7-10-12-14-16-18-19-20-21-22-23-24-28-31-35-42-48-54-60-75(80)88-66-72(93-76(81)61-55-49-43-36-32-29-26-25-27-30-34-40-46-52-58-70(6)9-3)67-91-95(83,84)89-63-71(78)64-90-96(85,86)92-68-73(65-87-74(79)59-53-47-41-33-17-15-13-11-8-2)94-77(82)62-56-50-44-38-37-39-45-51-57-69(4)5/h69-73,78H,7-68H2,1-6H3,(H,83,84)(H,85,86)/t70?,71-,72-,73-/m1/s1. The first-order valence-corrected chi connectivity index (χ1v) is 43.0. The van der Waals surface area contributed by atoms with Crippen molar-refractivity contribution >= 4 is 39.5 Å². The zero-order valence-corrected chi connectivity index (χ0v) is 64.5. The lowest BCUT2D eigenvalue weighted by Crippen LogP contribution is -2.30. The molecule has 3 unspecified atom stereocenters. The molecule has 0 bridgehead atoms. The summed E-state index contributed by atoms with van der Waals surface area (Å²) >= 11 is 0. The molecule has 0 saturated heterocycles. The van der Waals surface area contributed by atoms with E-state index < -0.39 is 97.5 Å². The monoisotopic (exact) mass is 1410 g/mol. The first-order valence-electron chi connectivity index (χ1n) is 40.0. The minimum absolute atomic E-state index is 0.105. The van der Waals surface area contributed by atoms with Crippen LogP contribution in [0.3, 0.4) is 0 Å². The average Bonchev–Trinajstić information content (AvgIpc) is 1.53. The van der Waals surface area contributed by atoms with E-state index in [2.05, 4.69) is 41.5 Å². The Balaban J connectivity index is 5.21. The van der Waals surface area contributed by atoms with Crippen molar-refractivity contribution in [3.63, 3.8) is 0 Å². The fourth-order valence-electron chi connectivity index (χ4n) is 11.8. The third-order valence-corrected chi connectivity index (χ3v) is 20.2. The zero-order chi connectivity index (χ0) is 70.7. The van der Waals surface area contributed by atoms with Crippen LogP contribution in [-0.4, -0.2) is 96.7 Å². The van der Waals surface area contributed by atoms with Gasteiger partial charge in [0.05, 0.1) is 26.4 Å². The number of aliphatic hydroxyl groups excluding tert-OH is 1. The number of aliphatic hydroxyl groups is 1. The fourth-order valence-corrected chi connectivity index (χ4v) is 13.4. The highest BCUT2D eigenvalue weighted by molar-refractivity contribution is 7.47. The average molecular weight is 1410 g/mol. The molecule has 0 saturated carbocycles. The quantitative estimate of drug-likeness (QED) is 0.0222. The summed E-state index contributed by atoms with van der Waals surface area (Å²) in [4.78, 5) is 72.8. The Morgan fingerprint density at radius 2 is 0.531 bits per heavy atom. The number of hydrogen-bond donors (Lipinski definition) is 3. The molecular formula is C77H150O17P2. The number of unbranched alkanes of at least 4 members (excludes halogenated alkanes) is 45. The van der Waals surface area contributed by atoms with E-state index in [4.69, 9.17) is 37.0 Å². The molecule has 0 fully saturated rings. The number of esters is 4. The number of carbonyl (C=O) groups excluding carboxylic acids is 4. The van der Waals surface area contributed by atoms with Gasteiger partial charge < -0.3 is 33.8 Å². The fraction of sp³-hybridized carbons (Fsp3) is 0.948. The van der Waals surface area contributed by atoms with E-state index in [9.17, 15) is 43.2 Å². The number of carbonyl (C=O) groups is 4. The highest BCUT2D eigenvalue weighted by atomic mass is 31.2. The summed E-state index contributed by atoms with van der Waals surface area (Å²) < 4.78 is 68.5. The Morgan fingerprint density at radius 3 is 0.792 bits per heavy atom. The third kappa shape index (κ3) is 69.2. The second-order valence-corrected chi connectivity index (χ2v) is 31.4. The van der Waals surface area contributed by atoms with Crippen molar-refractivity contribution in [3.8, 4) is 0 Å². The third-order valence-electron chi connectivity index (χ3n) is 18.3. The molecule has 96 heavy (non-hydrogen) atoms.